The highest BCUT2D eigenvalue weighted by Gasteiger charge is 2.23. The Balaban J connectivity index is 1.09. The quantitative estimate of drug-likeness (QED) is 0.0721. The molecule has 0 aliphatic heterocycles. The molecule has 9 heteroatoms. The minimum atomic E-state index is 1.03. The Bertz CT molecular complexity index is 2240. The lowest BCUT2D eigenvalue weighted by Gasteiger charge is -2.10. The molecule has 0 saturated carbocycles. The van der Waals surface area contributed by atoms with Gasteiger partial charge < -0.3 is 0 Å². The fraction of sp³-hybridized carbons (Fsp3) is 0.273. The minimum Gasteiger partial charge on any atom is -0.244 e. The number of hydrogen-bond donors (Lipinski definition) is 0. The van der Waals surface area contributed by atoms with E-state index in [0.717, 1.165) is 74.6 Å². The van der Waals surface area contributed by atoms with Crippen LogP contribution in [0.15, 0.2) is 80.4 Å². The Labute approximate surface area is 331 Å². The molecule has 53 heavy (non-hydrogen) atoms. The van der Waals surface area contributed by atoms with E-state index in [9.17, 15) is 0 Å². The molecule has 0 saturated heterocycles. The maximum Gasteiger partial charge on any atom is 0.0973 e. The van der Waals surface area contributed by atoms with Gasteiger partial charge in [0.25, 0.3) is 0 Å². The second-order valence-corrected chi connectivity index (χ2v) is 17.9. The van der Waals surface area contributed by atoms with Gasteiger partial charge in [0.1, 0.15) is 0 Å². The van der Waals surface area contributed by atoms with Gasteiger partial charge in [0.2, 0.25) is 0 Å². The molecule has 0 amide bonds. The molecule has 0 atom stereocenters. The molecule has 4 aromatic carbocycles. The molecule has 0 fully saturated rings. The molecule has 0 aliphatic rings. The SMILES string of the molecule is CCCCCCc1ccc(C=Cc2c3ncsc3c(Sc3c4ncsc4c(C=Cc4ccc(CCCCCC)cc4)c4ncsc34)c3ncsc23)cc1. The highest BCUT2D eigenvalue weighted by Crippen LogP contribution is 2.49. The van der Waals surface area contributed by atoms with Gasteiger partial charge in [0.05, 0.1) is 72.7 Å². The summed E-state index contributed by atoms with van der Waals surface area (Å²) in [6.07, 6.45) is 21.5. The zero-order chi connectivity index (χ0) is 36.0. The standard InChI is InChI=1S/C44H42N4S5/c1-3-5-7-9-11-29-13-17-31(18-14-29)21-23-33-35-41(51-25-45-35)43(37-39(33)49-27-47-37)53-44-38-40(50-28-48-38)34(36-42(44)52-26-46-36)24-22-32-19-15-30(16-20-32)12-10-8-6-4-2/h13-28H,3-12H2,1-2H3. The third-order valence-electron chi connectivity index (χ3n) is 9.80. The van der Waals surface area contributed by atoms with E-state index in [1.807, 2.05) is 22.0 Å². The van der Waals surface area contributed by atoms with E-state index in [4.69, 9.17) is 19.9 Å². The summed E-state index contributed by atoms with van der Waals surface area (Å²) in [6.45, 7) is 4.53. The summed E-state index contributed by atoms with van der Waals surface area (Å²) in [6, 6.07) is 18.1. The van der Waals surface area contributed by atoms with Gasteiger partial charge in [-0.25, -0.2) is 19.9 Å². The van der Waals surface area contributed by atoms with Crippen LogP contribution in [0.2, 0.25) is 0 Å². The van der Waals surface area contributed by atoms with Gasteiger partial charge in [0.15, 0.2) is 0 Å². The monoisotopic (exact) mass is 786 g/mol. The molecule has 268 valence electrons. The predicted octanol–water partition coefficient (Wildman–Crippen LogP) is 14.9. The van der Waals surface area contributed by atoms with Crippen molar-refractivity contribution < 1.29 is 0 Å². The first kappa shape index (κ1) is 36.3. The topological polar surface area (TPSA) is 51.6 Å². The number of rotatable bonds is 16. The fourth-order valence-electron chi connectivity index (χ4n) is 6.89. The summed E-state index contributed by atoms with van der Waals surface area (Å²) in [5.41, 5.74) is 19.5. The Kier molecular flexibility index (Phi) is 11.7. The summed E-state index contributed by atoms with van der Waals surface area (Å²) in [7, 11) is 0. The summed E-state index contributed by atoms with van der Waals surface area (Å²) in [5, 5.41) is 0. The van der Waals surface area contributed by atoms with E-state index >= 15 is 0 Å². The number of fused-ring (bicyclic) bond motifs is 4. The Morgan fingerprint density at radius 2 is 0.849 bits per heavy atom. The number of hydrogen-bond acceptors (Lipinski definition) is 9. The summed E-state index contributed by atoms with van der Waals surface area (Å²) in [4.78, 5) is 22.1. The van der Waals surface area contributed by atoms with Crippen LogP contribution in [0, 0.1) is 0 Å². The zero-order valence-corrected chi connectivity index (χ0v) is 34.2. The smallest absolute Gasteiger partial charge is 0.0973 e. The molecule has 4 aromatic heterocycles. The average molecular weight is 787 g/mol. The van der Waals surface area contributed by atoms with Gasteiger partial charge >= 0.3 is 0 Å². The van der Waals surface area contributed by atoms with E-state index in [2.05, 4.69) is 86.7 Å². The van der Waals surface area contributed by atoms with E-state index < -0.39 is 0 Å². The minimum absolute atomic E-state index is 1.03. The lowest BCUT2D eigenvalue weighted by Crippen LogP contribution is -1.88. The van der Waals surface area contributed by atoms with Gasteiger partial charge in [-0.15, -0.1) is 45.3 Å². The molecular weight excluding hydrogens is 745 g/mol. The first-order valence-electron chi connectivity index (χ1n) is 18.7. The Morgan fingerprint density at radius 3 is 1.26 bits per heavy atom. The van der Waals surface area contributed by atoms with E-state index in [1.165, 1.54) is 73.6 Å². The van der Waals surface area contributed by atoms with Crippen molar-refractivity contribution in [1.82, 2.24) is 19.9 Å². The fourth-order valence-corrected chi connectivity index (χ4v) is 11.8. The van der Waals surface area contributed by atoms with Crippen molar-refractivity contribution in [3.63, 3.8) is 0 Å². The van der Waals surface area contributed by atoms with Crippen LogP contribution in [0.4, 0.5) is 0 Å². The van der Waals surface area contributed by atoms with Crippen LogP contribution >= 0.6 is 57.1 Å². The number of nitrogens with zero attached hydrogens (tertiary/aromatic N) is 4. The second kappa shape index (κ2) is 17.2. The van der Waals surface area contributed by atoms with Gasteiger partial charge in [-0.2, -0.15) is 0 Å². The van der Waals surface area contributed by atoms with Crippen molar-refractivity contribution in [2.75, 3.05) is 0 Å². The number of thiazole rings is 4. The van der Waals surface area contributed by atoms with Crippen molar-refractivity contribution in [3.8, 4) is 0 Å². The molecule has 0 N–H and O–H groups in total. The first-order chi connectivity index (χ1) is 26.2. The first-order valence-corrected chi connectivity index (χ1v) is 23.0. The largest absolute Gasteiger partial charge is 0.244 e. The van der Waals surface area contributed by atoms with Gasteiger partial charge in [-0.1, -0.05) is 137 Å². The van der Waals surface area contributed by atoms with Crippen molar-refractivity contribution in [3.05, 3.63) is 104 Å². The van der Waals surface area contributed by atoms with Crippen molar-refractivity contribution in [1.29, 1.82) is 0 Å². The van der Waals surface area contributed by atoms with Crippen LogP contribution in [0.1, 0.15) is 98.6 Å². The molecule has 4 nitrogen and oxygen atoms in total. The van der Waals surface area contributed by atoms with E-state index in [1.54, 1.807) is 57.1 Å². The average Bonchev–Trinajstić information content (AvgIpc) is 4.03. The van der Waals surface area contributed by atoms with Crippen molar-refractivity contribution in [2.24, 2.45) is 0 Å². The van der Waals surface area contributed by atoms with Crippen LogP contribution < -0.4 is 0 Å². The molecular formula is C44H42N4S5. The Morgan fingerprint density at radius 1 is 0.453 bits per heavy atom. The van der Waals surface area contributed by atoms with Crippen molar-refractivity contribution >= 4 is 122 Å². The molecule has 8 rings (SSSR count). The van der Waals surface area contributed by atoms with Crippen LogP contribution in [0.3, 0.4) is 0 Å². The summed E-state index contributed by atoms with van der Waals surface area (Å²) in [5.74, 6) is 0. The second-order valence-electron chi connectivity index (χ2n) is 13.5. The molecule has 0 spiro atoms. The van der Waals surface area contributed by atoms with Gasteiger partial charge in [-0.05, 0) is 47.9 Å². The molecule has 0 bridgehead atoms. The van der Waals surface area contributed by atoms with E-state index in [-0.39, 0.29) is 0 Å². The summed E-state index contributed by atoms with van der Waals surface area (Å²) < 4.78 is 4.65. The number of aromatic nitrogens is 4. The molecule has 0 unspecified atom stereocenters. The van der Waals surface area contributed by atoms with Crippen molar-refractivity contribution in [2.45, 2.75) is 87.8 Å². The zero-order valence-electron chi connectivity index (χ0n) is 30.1. The third-order valence-corrected chi connectivity index (χ3v) is 14.7. The molecule has 0 aliphatic carbocycles. The lowest BCUT2D eigenvalue weighted by molar-refractivity contribution is 0.667. The summed E-state index contributed by atoms with van der Waals surface area (Å²) >= 11 is 8.53. The molecule has 8 aromatic rings. The lowest BCUT2D eigenvalue weighted by atomic mass is 10.0. The predicted molar refractivity (Wildman–Crippen MR) is 236 cm³/mol. The van der Waals surface area contributed by atoms with Crippen LogP contribution in [0.5, 0.6) is 0 Å². The number of aryl methyl sites for hydroxylation is 2. The molecule has 4 heterocycles. The van der Waals surface area contributed by atoms with Crippen LogP contribution in [-0.4, -0.2) is 19.9 Å². The normalized spacial score (nSPS) is 12.3. The van der Waals surface area contributed by atoms with E-state index in [0.29, 0.717) is 0 Å². The van der Waals surface area contributed by atoms with Gasteiger partial charge in [-0.3, -0.25) is 0 Å². The maximum atomic E-state index is 4.96. The van der Waals surface area contributed by atoms with Gasteiger partial charge in [0, 0.05) is 11.1 Å². The highest BCUT2D eigenvalue weighted by atomic mass is 32.2. The third kappa shape index (κ3) is 7.91. The highest BCUT2D eigenvalue weighted by molar-refractivity contribution is 8.00. The maximum absolute atomic E-state index is 4.96. The van der Waals surface area contributed by atoms with Crippen LogP contribution in [0.25, 0.3) is 65.2 Å². The van der Waals surface area contributed by atoms with Crippen LogP contribution in [-0.2, 0) is 12.8 Å². The Hall–Kier alpha value is -3.73. The number of benzene rings is 4. The molecule has 0 radical (unpaired) electrons. The number of unbranched alkanes of at least 4 members (excludes halogenated alkanes) is 6.